The topological polar surface area (TPSA) is 59.8 Å². The number of hydrogen-bond donors (Lipinski definition) is 1. The molecule has 0 bridgehead atoms. The maximum absolute atomic E-state index is 12.2. The summed E-state index contributed by atoms with van der Waals surface area (Å²) in [6, 6.07) is 17.7. The Morgan fingerprint density at radius 3 is 2.48 bits per heavy atom. The quantitative estimate of drug-likeness (QED) is 0.684. The fourth-order valence-corrected chi connectivity index (χ4v) is 3.19. The number of para-hydroxylation sites is 1. The molecule has 0 aliphatic rings. The third-order valence-electron chi connectivity index (χ3n) is 3.70. The molecule has 1 aromatic heterocycles. The van der Waals surface area contributed by atoms with Crippen LogP contribution in [0.4, 0.5) is 5.69 Å². The fourth-order valence-electron chi connectivity index (χ4n) is 2.42. The lowest BCUT2D eigenvalue weighted by atomic mass is 10.2. The minimum atomic E-state index is -0.0606. The van der Waals surface area contributed by atoms with Crippen LogP contribution in [0.1, 0.15) is 18.3 Å². The Bertz CT molecular complexity index is 844. The number of nitrogens with one attached hydrogen (secondary N) is 1. The second-order valence-electron chi connectivity index (χ2n) is 5.63. The van der Waals surface area contributed by atoms with Gasteiger partial charge in [0.15, 0.2) is 5.16 Å². The Labute approximate surface area is 151 Å². The lowest BCUT2D eigenvalue weighted by Crippen LogP contribution is -2.14. The number of nitrogens with zero attached hydrogens (tertiary/aromatic N) is 3. The van der Waals surface area contributed by atoms with E-state index in [1.54, 1.807) is 0 Å². The summed E-state index contributed by atoms with van der Waals surface area (Å²) in [6.45, 7) is 4.06. The summed E-state index contributed by atoms with van der Waals surface area (Å²) in [5, 5.41) is 12.1. The number of benzene rings is 2. The second kappa shape index (κ2) is 7.98. The summed E-state index contributed by atoms with van der Waals surface area (Å²) in [4.78, 5) is 12.2. The molecule has 0 saturated carbocycles. The van der Waals surface area contributed by atoms with Crippen molar-refractivity contribution >= 4 is 23.4 Å². The molecule has 1 heterocycles. The molecule has 6 heteroatoms. The normalized spacial score (nSPS) is 10.6. The summed E-state index contributed by atoms with van der Waals surface area (Å²) in [5.74, 6) is 1.10. The van der Waals surface area contributed by atoms with Crippen molar-refractivity contribution in [3.05, 3.63) is 66.0 Å². The first-order valence-electron chi connectivity index (χ1n) is 8.16. The van der Waals surface area contributed by atoms with Crippen LogP contribution in [0.2, 0.25) is 0 Å². The number of rotatable bonds is 6. The maximum atomic E-state index is 12.2. The monoisotopic (exact) mass is 352 g/mol. The molecule has 0 radical (unpaired) electrons. The average Bonchev–Trinajstić information content (AvgIpc) is 3.05. The SMILES string of the molecule is CCc1nnc(SCC(=O)Nc2ccc(C)cc2)n1-c1ccccc1. The summed E-state index contributed by atoms with van der Waals surface area (Å²) < 4.78 is 2.00. The molecule has 0 atom stereocenters. The number of aromatic nitrogens is 3. The Morgan fingerprint density at radius 1 is 1.08 bits per heavy atom. The van der Waals surface area contributed by atoms with E-state index in [0.29, 0.717) is 0 Å². The van der Waals surface area contributed by atoms with Crippen molar-refractivity contribution in [1.82, 2.24) is 14.8 Å². The molecule has 1 amide bonds. The number of carbonyl (C=O) groups excluding carboxylic acids is 1. The van der Waals surface area contributed by atoms with Crippen molar-refractivity contribution in [1.29, 1.82) is 0 Å². The van der Waals surface area contributed by atoms with E-state index in [4.69, 9.17) is 0 Å². The molecule has 128 valence electrons. The molecule has 1 N–H and O–H groups in total. The molecule has 0 unspecified atom stereocenters. The molecule has 0 aliphatic heterocycles. The Kier molecular flexibility index (Phi) is 5.50. The number of anilines is 1. The fraction of sp³-hybridized carbons (Fsp3) is 0.211. The van der Waals surface area contributed by atoms with Gasteiger partial charge < -0.3 is 5.32 Å². The van der Waals surface area contributed by atoms with Gasteiger partial charge in [0, 0.05) is 17.8 Å². The van der Waals surface area contributed by atoms with Crippen LogP contribution in [0.25, 0.3) is 5.69 Å². The summed E-state index contributed by atoms with van der Waals surface area (Å²) in [6.07, 6.45) is 0.776. The molecule has 0 fully saturated rings. The number of hydrogen-bond acceptors (Lipinski definition) is 4. The molecule has 0 saturated heterocycles. The van der Waals surface area contributed by atoms with E-state index in [9.17, 15) is 4.79 Å². The van der Waals surface area contributed by atoms with Crippen LogP contribution in [-0.2, 0) is 11.2 Å². The second-order valence-corrected chi connectivity index (χ2v) is 6.57. The Morgan fingerprint density at radius 2 is 1.80 bits per heavy atom. The lowest BCUT2D eigenvalue weighted by molar-refractivity contribution is -0.113. The highest BCUT2D eigenvalue weighted by Crippen LogP contribution is 2.22. The van der Waals surface area contributed by atoms with Crippen molar-refractivity contribution in [2.24, 2.45) is 0 Å². The van der Waals surface area contributed by atoms with Gasteiger partial charge in [0.1, 0.15) is 5.82 Å². The lowest BCUT2D eigenvalue weighted by Gasteiger charge is -2.09. The Balaban J connectivity index is 1.70. The van der Waals surface area contributed by atoms with Crippen LogP contribution in [-0.4, -0.2) is 26.4 Å². The van der Waals surface area contributed by atoms with Crippen LogP contribution in [0.3, 0.4) is 0 Å². The molecule has 25 heavy (non-hydrogen) atoms. The van der Waals surface area contributed by atoms with Gasteiger partial charge in [0.05, 0.1) is 5.75 Å². The summed E-state index contributed by atoms with van der Waals surface area (Å²) in [5.41, 5.74) is 2.97. The molecule has 0 aliphatic carbocycles. The van der Waals surface area contributed by atoms with E-state index >= 15 is 0 Å². The molecule has 2 aromatic carbocycles. The third-order valence-corrected chi connectivity index (χ3v) is 4.63. The number of carbonyl (C=O) groups is 1. The first-order chi connectivity index (χ1) is 12.2. The minimum absolute atomic E-state index is 0.0606. The highest BCUT2D eigenvalue weighted by Gasteiger charge is 2.14. The zero-order chi connectivity index (χ0) is 17.6. The van der Waals surface area contributed by atoms with Crippen LogP contribution in [0.5, 0.6) is 0 Å². The molecular weight excluding hydrogens is 332 g/mol. The molecular formula is C19H20N4OS. The van der Waals surface area contributed by atoms with Crippen molar-refractivity contribution in [2.45, 2.75) is 25.4 Å². The average molecular weight is 352 g/mol. The van der Waals surface area contributed by atoms with Crippen molar-refractivity contribution in [3.8, 4) is 5.69 Å². The Hall–Kier alpha value is -2.60. The van der Waals surface area contributed by atoms with E-state index < -0.39 is 0 Å². The zero-order valence-corrected chi connectivity index (χ0v) is 15.1. The largest absolute Gasteiger partial charge is 0.325 e. The number of aryl methyl sites for hydroxylation is 2. The van der Waals surface area contributed by atoms with Gasteiger partial charge in [-0.05, 0) is 31.2 Å². The van der Waals surface area contributed by atoms with Gasteiger partial charge in [-0.1, -0.05) is 54.6 Å². The van der Waals surface area contributed by atoms with Gasteiger partial charge in [0.2, 0.25) is 5.91 Å². The highest BCUT2D eigenvalue weighted by atomic mass is 32.2. The van der Waals surface area contributed by atoms with Gasteiger partial charge in [0.25, 0.3) is 0 Å². The van der Waals surface area contributed by atoms with E-state index in [1.165, 1.54) is 11.8 Å². The molecule has 0 spiro atoms. The van der Waals surface area contributed by atoms with Crippen LogP contribution >= 0.6 is 11.8 Å². The predicted molar refractivity (Wildman–Crippen MR) is 101 cm³/mol. The predicted octanol–water partition coefficient (Wildman–Crippen LogP) is 3.87. The van der Waals surface area contributed by atoms with E-state index in [2.05, 4.69) is 15.5 Å². The number of amides is 1. The van der Waals surface area contributed by atoms with Gasteiger partial charge in [-0.3, -0.25) is 9.36 Å². The van der Waals surface area contributed by atoms with Crippen molar-refractivity contribution in [3.63, 3.8) is 0 Å². The minimum Gasteiger partial charge on any atom is -0.325 e. The summed E-state index contributed by atoms with van der Waals surface area (Å²) in [7, 11) is 0. The van der Waals surface area contributed by atoms with Gasteiger partial charge in [-0.15, -0.1) is 10.2 Å². The molecule has 3 aromatic rings. The van der Waals surface area contributed by atoms with Gasteiger partial charge >= 0.3 is 0 Å². The molecule has 3 rings (SSSR count). The molecule has 5 nitrogen and oxygen atoms in total. The highest BCUT2D eigenvalue weighted by molar-refractivity contribution is 7.99. The van der Waals surface area contributed by atoms with Crippen molar-refractivity contribution < 1.29 is 4.79 Å². The zero-order valence-electron chi connectivity index (χ0n) is 14.3. The van der Waals surface area contributed by atoms with E-state index in [-0.39, 0.29) is 11.7 Å². The van der Waals surface area contributed by atoms with Crippen molar-refractivity contribution in [2.75, 3.05) is 11.1 Å². The van der Waals surface area contributed by atoms with E-state index in [0.717, 1.165) is 34.3 Å². The maximum Gasteiger partial charge on any atom is 0.234 e. The van der Waals surface area contributed by atoms with Gasteiger partial charge in [-0.2, -0.15) is 0 Å². The van der Waals surface area contributed by atoms with Crippen LogP contribution in [0.15, 0.2) is 59.8 Å². The third kappa shape index (κ3) is 4.28. The van der Waals surface area contributed by atoms with Crippen LogP contribution in [0, 0.1) is 6.92 Å². The van der Waals surface area contributed by atoms with Crippen LogP contribution < -0.4 is 5.32 Å². The smallest absolute Gasteiger partial charge is 0.234 e. The first kappa shape index (κ1) is 17.2. The summed E-state index contributed by atoms with van der Waals surface area (Å²) >= 11 is 1.39. The first-order valence-corrected chi connectivity index (χ1v) is 9.15. The van der Waals surface area contributed by atoms with Gasteiger partial charge in [-0.25, -0.2) is 0 Å². The van der Waals surface area contributed by atoms with E-state index in [1.807, 2.05) is 73.0 Å². The number of thioether (sulfide) groups is 1. The standard InChI is InChI=1S/C19H20N4OS/c1-3-17-21-22-19(23(17)16-7-5-4-6-8-16)25-13-18(24)20-15-11-9-14(2)10-12-15/h4-12H,3,13H2,1-2H3,(H,20,24).